The highest BCUT2D eigenvalue weighted by Crippen LogP contribution is 2.30. The second-order valence-electron chi connectivity index (χ2n) is 6.65. The molecule has 6 nitrogen and oxygen atoms in total. The molecule has 0 bridgehead atoms. The predicted molar refractivity (Wildman–Crippen MR) is 107 cm³/mol. The molecule has 1 aliphatic rings. The average molecular weight is 385 g/mol. The standard InChI is InChI=1S/C20H23N3O3S/c1-13(14-7-9-16(10-8-14)26-12-19(24)23(2)3)21-22-20(25)18-11-15-5-4-6-17(15)27-18/h7-11H,4-6,12H2,1-3H3,(H,22,25)/b21-13-. The molecule has 0 fully saturated rings. The quantitative estimate of drug-likeness (QED) is 0.614. The van der Waals surface area contributed by atoms with Gasteiger partial charge in [-0.2, -0.15) is 5.10 Å². The monoisotopic (exact) mass is 385 g/mol. The molecule has 0 unspecified atom stereocenters. The van der Waals surface area contributed by atoms with Crippen molar-refractivity contribution < 1.29 is 14.3 Å². The van der Waals surface area contributed by atoms with E-state index in [1.54, 1.807) is 37.6 Å². The van der Waals surface area contributed by atoms with Crippen LogP contribution in [0.15, 0.2) is 35.4 Å². The SMILES string of the molecule is C/C(=N/NC(=O)c1cc2c(s1)CCC2)c1ccc(OCC(=O)N(C)C)cc1. The van der Waals surface area contributed by atoms with Gasteiger partial charge in [-0.25, -0.2) is 5.43 Å². The van der Waals surface area contributed by atoms with Gasteiger partial charge in [-0.3, -0.25) is 9.59 Å². The molecule has 2 aromatic rings. The molecule has 0 atom stereocenters. The van der Waals surface area contributed by atoms with Crippen LogP contribution in [0.1, 0.15) is 39.0 Å². The Bertz CT molecular complexity index is 848. The number of benzene rings is 1. The maximum absolute atomic E-state index is 12.3. The van der Waals surface area contributed by atoms with Crippen molar-refractivity contribution in [2.75, 3.05) is 20.7 Å². The van der Waals surface area contributed by atoms with Crippen molar-refractivity contribution in [3.05, 3.63) is 51.2 Å². The zero-order valence-corrected chi connectivity index (χ0v) is 16.6. The largest absolute Gasteiger partial charge is 0.484 e. The number of nitrogens with one attached hydrogen (secondary N) is 1. The van der Waals surface area contributed by atoms with E-state index in [1.165, 1.54) is 21.8 Å². The lowest BCUT2D eigenvalue weighted by Gasteiger charge is -2.11. The highest BCUT2D eigenvalue weighted by Gasteiger charge is 2.18. The van der Waals surface area contributed by atoms with Crippen LogP contribution in [0.3, 0.4) is 0 Å². The summed E-state index contributed by atoms with van der Waals surface area (Å²) in [5, 5.41) is 4.20. The van der Waals surface area contributed by atoms with Crippen molar-refractivity contribution in [3.8, 4) is 5.75 Å². The molecular weight excluding hydrogens is 362 g/mol. The summed E-state index contributed by atoms with van der Waals surface area (Å²) >= 11 is 1.56. The van der Waals surface area contributed by atoms with E-state index >= 15 is 0 Å². The molecule has 3 rings (SSSR count). The van der Waals surface area contributed by atoms with Gasteiger partial charge < -0.3 is 9.64 Å². The van der Waals surface area contributed by atoms with Gasteiger partial charge in [0.15, 0.2) is 6.61 Å². The molecular formula is C20H23N3O3S. The number of carbonyl (C=O) groups is 2. The van der Waals surface area contributed by atoms with E-state index in [2.05, 4.69) is 10.5 Å². The lowest BCUT2D eigenvalue weighted by Crippen LogP contribution is -2.27. The summed E-state index contributed by atoms with van der Waals surface area (Å²) in [7, 11) is 3.37. The second-order valence-corrected chi connectivity index (χ2v) is 7.79. The number of carbonyl (C=O) groups excluding carboxylic acids is 2. The third-order valence-electron chi connectivity index (χ3n) is 4.43. The average Bonchev–Trinajstić information content (AvgIpc) is 3.26. The Labute approximate surface area is 162 Å². The number of rotatable bonds is 6. The number of hydrogen-bond acceptors (Lipinski definition) is 5. The van der Waals surface area contributed by atoms with E-state index in [-0.39, 0.29) is 18.4 Å². The van der Waals surface area contributed by atoms with Crippen molar-refractivity contribution >= 4 is 28.9 Å². The van der Waals surface area contributed by atoms with Crippen LogP contribution in [0.5, 0.6) is 5.75 Å². The third-order valence-corrected chi connectivity index (χ3v) is 5.66. The summed E-state index contributed by atoms with van der Waals surface area (Å²) in [5.41, 5.74) is 5.50. The number of fused-ring (bicyclic) bond motifs is 1. The molecule has 142 valence electrons. The van der Waals surface area contributed by atoms with Gasteiger partial charge in [0, 0.05) is 19.0 Å². The maximum atomic E-state index is 12.3. The minimum atomic E-state index is -0.170. The number of hydrazone groups is 1. The molecule has 1 heterocycles. The van der Waals surface area contributed by atoms with Crippen molar-refractivity contribution in [1.82, 2.24) is 10.3 Å². The molecule has 7 heteroatoms. The zero-order chi connectivity index (χ0) is 19.4. The molecule has 27 heavy (non-hydrogen) atoms. The summed E-state index contributed by atoms with van der Waals surface area (Å²) in [5.74, 6) is 0.342. The lowest BCUT2D eigenvalue weighted by molar-refractivity contribution is -0.130. The molecule has 1 aromatic carbocycles. The summed E-state index contributed by atoms with van der Waals surface area (Å²) in [6.07, 6.45) is 3.32. The maximum Gasteiger partial charge on any atom is 0.281 e. The Kier molecular flexibility index (Phi) is 5.91. The van der Waals surface area contributed by atoms with Crippen LogP contribution in [0.25, 0.3) is 0 Å². The van der Waals surface area contributed by atoms with Crippen molar-refractivity contribution in [2.24, 2.45) is 5.10 Å². The fraction of sp³-hybridized carbons (Fsp3) is 0.350. The van der Waals surface area contributed by atoms with Gasteiger partial charge >= 0.3 is 0 Å². The van der Waals surface area contributed by atoms with Crippen molar-refractivity contribution in [1.29, 1.82) is 0 Å². The van der Waals surface area contributed by atoms with Crippen LogP contribution in [0.2, 0.25) is 0 Å². The second kappa shape index (κ2) is 8.35. The van der Waals surface area contributed by atoms with Gasteiger partial charge in [0.25, 0.3) is 11.8 Å². The minimum absolute atomic E-state index is 0.000263. The van der Waals surface area contributed by atoms with Crippen LogP contribution in [0.4, 0.5) is 0 Å². The summed E-state index contributed by atoms with van der Waals surface area (Å²) in [6, 6.07) is 9.24. The zero-order valence-electron chi connectivity index (χ0n) is 15.7. The molecule has 0 spiro atoms. The highest BCUT2D eigenvalue weighted by atomic mass is 32.1. The first-order valence-electron chi connectivity index (χ1n) is 8.83. The van der Waals surface area contributed by atoms with Crippen LogP contribution >= 0.6 is 11.3 Å². The molecule has 0 saturated heterocycles. The van der Waals surface area contributed by atoms with Gasteiger partial charge in [0.2, 0.25) is 0 Å². The van der Waals surface area contributed by atoms with E-state index in [4.69, 9.17) is 4.74 Å². The number of hydrogen-bond donors (Lipinski definition) is 1. The first-order chi connectivity index (χ1) is 12.9. The van der Waals surface area contributed by atoms with Crippen molar-refractivity contribution in [3.63, 3.8) is 0 Å². The first kappa shape index (κ1) is 19.1. The molecule has 2 amide bonds. The normalized spacial score (nSPS) is 13.2. The summed E-state index contributed by atoms with van der Waals surface area (Å²) in [6.45, 7) is 1.83. The van der Waals surface area contributed by atoms with E-state index in [9.17, 15) is 9.59 Å². The molecule has 0 saturated carbocycles. The number of thiophene rings is 1. The van der Waals surface area contributed by atoms with E-state index in [1.807, 2.05) is 25.1 Å². The van der Waals surface area contributed by atoms with Crippen LogP contribution in [-0.2, 0) is 17.6 Å². The highest BCUT2D eigenvalue weighted by molar-refractivity contribution is 7.14. The Morgan fingerprint density at radius 1 is 1.22 bits per heavy atom. The Morgan fingerprint density at radius 2 is 1.96 bits per heavy atom. The van der Waals surface area contributed by atoms with E-state index in [0.29, 0.717) is 16.3 Å². The van der Waals surface area contributed by atoms with Gasteiger partial charge in [-0.15, -0.1) is 11.3 Å². The fourth-order valence-electron chi connectivity index (χ4n) is 2.76. The third kappa shape index (κ3) is 4.74. The van der Waals surface area contributed by atoms with Gasteiger partial charge in [0.05, 0.1) is 10.6 Å². The first-order valence-corrected chi connectivity index (χ1v) is 9.65. The minimum Gasteiger partial charge on any atom is -0.484 e. The van der Waals surface area contributed by atoms with Crippen molar-refractivity contribution in [2.45, 2.75) is 26.2 Å². The van der Waals surface area contributed by atoms with E-state index in [0.717, 1.165) is 18.4 Å². The summed E-state index contributed by atoms with van der Waals surface area (Å²) in [4.78, 5) is 27.3. The van der Waals surface area contributed by atoms with Gasteiger partial charge in [-0.1, -0.05) is 0 Å². The predicted octanol–water partition coefficient (Wildman–Crippen LogP) is 2.86. The molecule has 0 radical (unpaired) electrons. The van der Waals surface area contributed by atoms with Crippen LogP contribution in [0, 0.1) is 0 Å². The fourth-order valence-corrected chi connectivity index (χ4v) is 3.91. The van der Waals surface area contributed by atoms with E-state index < -0.39 is 0 Å². The van der Waals surface area contributed by atoms with Gasteiger partial charge in [0.1, 0.15) is 5.75 Å². The number of nitrogens with zero attached hydrogens (tertiary/aromatic N) is 2. The lowest BCUT2D eigenvalue weighted by atomic mass is 10.1. The Morgan fingerprint density at radius 3 is 2.63 bits per heavy atom. The molecule has 0 aliphatic heterocycles. The number of amides is 2. The number of ether oxygens (including phenoxy) is 1. The Balaban J connectivity index is 1.57. The molecule has 1 aromatic heterocycles. The number of likely N-dealkylation sites (N-methyl/N-ethyl adjacent to an activating group) is 1. The Hall–Kier alpha value is -2.67. The van der Waals surface area contributed by atoms with Crippen LogP contribution < -0.4 is 10.2 Å². The van der Waals surface area contributed by atoms with Crippen LogP contribution in [-0.4, -0.2) is 43.1 Å². The topological polar surface area (TPSA) is 71.0 Å². The summed E-state index contributed by atoms with van der Waals surface area (Å²) < 4.78 is 5.45. The molecule has 1 aliphatic carbocycles. The smallest absolute Gasteiger partial charge is 0.281 e. The van der Waals surface area contributed by atoms with Gasteiger partial charge in [-0.05, 0) is 67.6 Å². The number of aryl methyl sites for hydroxylation is 2. The molecule has 1 N–H and O–H groups in total.